The Hall–Kier alpha value is -2.21. The number of benzene rings is 1. The minimum atomic E-state index is -0.543. The van der Waals surface area contributed by atoms with Gasteiger partial charge in [0.15, 0.2) is 5.78 Å². The molecule has 2 aromatic rings. The Labute approximate surface area is 120 Å². The molecule has 0 aliphatic rings. The van der Waals surface area contributed by atoms with Crippen LogP contribution in [0.4, 0.5) is 5.69 Å². The quantitative estimate of drug-likeness (QED) is 0.470. The van der Waals surface area contributed by atoms with E-state index in [0.717, 1.165) is 23.3 Å². The van der Waals surface area contributed by atoms with E-state index in [1.807, 2.05) is 19.1 Å². The van der Waals surface area contributed by atoms with Gasteiger partial charge < -0.3 is 4.74 Å². The van der Waals surface area contributed by atoms with Crippen LogP contribution in [0.3, 0.4) is 0 Å². The molecule has 0 aliphatic carbocycles. The van der Waals surface area contributed by atoms with Crippen LogP contribution in [0.5, 0.6) is 10.8 Å². The molecule has 5 nitrogen and oxygen atoms in total. The highest BCUT2D eigenvalue weighted by atomic mass is 32.1. The Kier molecular flexibility index (Phi) is 4.14. The molecule has 0 bridgehead atoms. The van der Waals surface area contributed by atoms with Crippen molar-refractivity contribution in [2.75, 3.05) is 0 Å². The summed E-state index contributed by atoms with van der Waals surface area (Å²) in [5.41, 5.74) is 0.974. The Morgan fingerprint density at radius 3 is 2.50 bits per heavy atom. The standard InChI is InChI=1S/C14H13NO4S/c1-3-10-4-6-11(7-5-10)19-14-12(15(17)18)8-13(20-14)9(2)16/h4-8H,3H2,1-2H3. The van der Waals surface area contributed by atoms with Crippen molar-refractivity contribution in [3.63, 3.8) is 0 Å². The molecule has 6 heteroatoms. The molecule has 0 atom stereocenters. The highest BCUT2D eigenvalue weighted by Crippen LogP contribution is 2.39. The third-order valence-electron chi connectivity index (χ3n) is 2.77. The van der Waals surface area contributed by atoms with Crippen LogP contribution in [-0.2, 0) is 6.42 Å². The Morgan fingerprint density at radius 1 is 1.35 bits per heavy atom. The van der Waals surface area contributed by atoms with Crippen LogP contribution in [0.15, 0.2) is 30.3 Å². The average molecular weight is 291 g/mol. The Morgan fingerprint density at radius 2 is 2.00 bits per heavy atom. The maximum absolute atomic E-state index is 11.3. The average Bonchev–Trinajstić information content (AvgIpc) is 2.84. The lowest BCUT2D eigenvalue weighted by molar-refractivity contribution is -0.385. The van der Waals surface area contributed by atoms with Crippen LogP contribution in [0.2, 0.25) is 0 Å². The minimum Gasteiger partial charge on any atom is -0.440 e. The number of Topliss-reactive ketones (excluding diaryl/α,β-unsaturated/α-hetero) is 1. The summed E-state index contributed by atoms with van der Waals surface area (Å²) < 4.78 is 5.53. The number of nitro groups is 1. The number of nitrogens with zero attached hydrogens (tertiary/aromatic N) is 1. The molecule has 0 radical (unpaired) electrons. The number of ketones is 1. The normalized spacial score (nSPS) is 10.3. The molecular formula is C14H13NO4S. The fraction of sp³-hybridized carbons (Fsp3) is 0.214. The van der Waals surface area contributed by atoms with Gasteiger partial charge in [-0.25, -0.2) is 0 Å². The van der Waals surface area contributed by atoms with Crippen molar-refractivity contribution >= 4 is 22.8 Å². The summed E-state index contributed by atoms with van der Waals surface area (Å²) in [5, 5.41) is 11.1. The van der Waals surface area contributed by atoms with E-state index in [2.05, 4.69) is 0 Å². The van der Waals surface area contributed by atoms with Gasteiger partial charge >= 0.3 is 5.69 Å². The third-order valence-corrected chi connectivity index (χ3v) is 3.87. The number of hydrogen-bond donors (Lipinski definition) is 0. The van der Waals surface area contributed by atoms with Gasteiger partial charge in [0.2, 0.25) is 0 Å². The van der Waals surface area contributed by atoms with Crippen LogP contribution in [0, 0.1) is 10.1 Å². The summed E-state index contributed by atoms with van der Waals surface area (Å²) in [6, 6.07) is 8.58. The molecule has 0 aliphatic heterocycles. The summed E-state index contributed by atoms with van der Waals surface area (Å²) in [5.74, 6) is 0.302. The zero-order valence-corrected chi connectivity index (χ0v) is 11.9. The van der Waals surface area contributed by atoms with Crippen molar-refractivity contribution in [2.45, 2.75) is 20.3 Å². The number of aryl methyl sites for hydroxylation is 1. The molecule has 0 saturated carbocycles. The molecular weight excluding hydrogens is 278 g/mol. The Balaban J connectivity index is 2.31. The molecule has 0 spiro atoms. The summed E-state index contributed by atoms with van der Waals surface area (Å²) in [6.07, 6.45) is 0.911. The molecule has 104 valence electrons. The number of thiophene rings is 1. The highest BCUT2D eigenvalue weighted by Gasteiger charge is 2.22. The van der Waals surface area contributed by atoms with Gasteiger partial charge in [-0.1, -0.05) is 30.4 Å². The summed E-state index contributed by atoms with van der Waals surface area (Å²) in [7, 11) is 0. The molecule has 1 aromatic carbocycles. The van der Waals surface area contributed by atoms with Gasteiger partial charge in [-0.2, -0.15) is 0 Å². The lowest BCUT2D eigenvalue weighted by Crippen LogP contribution is -1.90. The van der Waals surface area contributed by atoms with Gasteiger partial charge in [0, 0.05) is 6.07 Å². The Bertz CT molecular complexity index is 646. The maximum atomic E-state index is 11.3. The van der Waals surface area contributed by atoms with E-state index >= 15 is 0 Å². The molecule has 2 rings (SSSR count). The SMILES string of the molecule is CCc1ccc(Oc2sc(C(C)=O)cc2[N+](=O)[O-])cc1. The molecule has 0 amide bonds. The molecule has 1 heterocycles. The molecule has 0 saturated heterocycles. The van der Waals surface area contributed by atoms with E-state index in [1.54, 1.807) is 12.1 Å². The third kappa shape index (κ3) is 3.03. The molecule has 0 unspecified atom stereocenters. The number of rotatable bonds is 5. The molecule has 1 aromatic heterocycles. The van der Waals surface area contributed by atoms with Gasteiger partial charge in [0.05, 0.1) is 9.80 Å². The number of carbonyl (C=O) groups is 1. The van der Waals surface area contributed by atoms with E-state index in [1.165, 1.54) is 13.0 Å². The topological polar surface area (TPSA) is 69.4 Å². The minimum absolute atomic E-state index is 0.129. The van der Waals surface area contributed by atoms with Gasteiger partial charge in [-0.05, 0) is 31.0 Å². The van der Waals surface area contributed by atoms with Crippen LogP contribution < -0.4 is 4.74 Å². The van der Waals surface area contributed by atoms with Crippen molar-refractivity contribution in [1.82, 2.24) is 0 Å². The van der Waals surface area contributed by atoms with Gasteiger partial charge in [-0.15, -0.1) is 0 Å². The van der Waals surface area contributed by atoms with E-state index in [-0.39, 0.29) is 16.5 Å². The first-order valence-corrected chi connectivity index (χ1v) is 6.89. The van der Waals surface area contributed by atoms with Gasteiger partial charge in [0.1, 0.15) is 5.75 Å². The van der Waals surface area contributed by atoms with E-state index in [0.29, 0.717) is 10.6 Å². The van der Waals surface area contributed by atoms with Crippen molar-refractivity contribution in [2.24, 2.45) is 0 Å². The van der Waals surface area contributed by atoms with Gasteiger partial charge in [-0.3, -0.25) is 14.9 Å². The highest BCUT2D eigenvalue weighted by molar-refractivity contribution is 7.16. The first-order chi connectivity index (χ1) is 9.51. The number of carbonyl (C=O) groups excluding carboxylic acids is 1. The monoisotopic (exact) mass is 291 g/mol. The van der Waals surface area contributed by atoms with E-state index in [9.17, 15) is 14.9 Å². The summed E-state index contributed by atoms with van der Waals surface area (Å²) >= 11 is 0.987. The second kappa shape index (κ2) is 5.83. The summed E-state index contributed by atoms with van der Waals surface area (Å²) in [4.78, 5) is 22.0. The zero-order chi connectivity index (χ0) is 14.7. The lowest BCUT2D eigenvalue weighted by atomic mass is 10.2. The molecule has 0 N–H and O–H groups in total. The lowest BCUT2D eigenvalue weighted by Gasteiger charge is -2.03. The second-order valence-corrected chi connectivity index (χ2v) is 5.21. The maximum Gasteiger partial charge on any atom is 0.323 e. The second-order valence-electron chi connectivity index (χ2n) is 4.20. The van der Waals surface area contributed by atoms with Crippen LogP contribution in [0.1, 0.15) is 29.1 Å². The van der Waals surface area contributed by atoms with Gasteiger partial charge in [0.25, 0.3) is 5.06 Å². The van der Waals surface area contributed by atoms with Crippen LogP contribution in [-0.4, -0.2) is 10.7 Å². The molecule has 20 heavy (non-hydrogen) atoms. The fourth-order valence-electron chi connectivity index (χ4n) is 1.64. The fourth-order valence-corrected chi connectivity index (χ4v) is 2.53. The zero-order valence-electron chi connectivity index (χ0n) is 11.1. The van der Waals surface area contributed by atoms with Crippen molar-refractivity contribution < 1.29 is 14.5 Å². The summed E-state index contributed by atoms with van der Waals surface area (Å²) in [6.45, 7) is 3.41. The van der Waals surface area contributed by atoms with Crippen LogP contribution >= 0.6 is 11.3 Å². The van der Waals surface area contributed by atoms with E-state index < -0.39 is 4.92 Å². The predicted molar refractivity (Wildman–Crippen MR) is 76.9 cm³/mol. The largest absolute Gasteiger partial charge is 0.440 e. The number of ether oxygens (including phenoxy) is 1. The first kappa shape index (κ1) is 14.2. The first-order valence-electron chi connectivity index (χ1n) is 6.07. The molecule has 0 fully saturated rings. The van der Waals surface area contributed by atoms with Crippen LogP contribution in [0.25, 0.3) is 0 Å². The number of hydrogen-bond acceptors (Lipinski definition) is 5. The van der Waals surface area contributed by atoms with Crippen molar-refractivity contribution in [3.05, 3.63) is 50.9 Å². The van der Waals surface area contributed by atoms with Crippen molar-refractivity contribution in [3.8, 4) is 10.8 Å². The van der Waals surface area contributed by atoms with Crippen molar-refractivity contribution in [1.29, 1.82) is 0 Å². The predicted octanol–water partition coefficient (Wildman–Crippen LogP) is 4.21. The smallest absolute Gasteiger partial charge is 0.323 e. The van der Waals surface area contributed by atoms with E-state index in [4.69, 9.17) is 4.74 Å².